The van der Waals surface area contributed by atoms with Crippen LogP contribution in [0.4, 0.5) is 0 Å². The summed E-state index contributed by atoms with van der Waals surface area (Å²) in [5.74, 6) is -2.17. The van der Waals surface area contributed by atoms with Gasteiger partial charge in [-0.05, 0) is 12.0 Å². The lowest BCUT2D eigenvalue weighted by Crippen LogP contribution is -2.26. The molecule has 1 aromatic carbocycles. The largest absolute Gasteiger partial charge is 0.469 e. The van der Waals surface area contributed by atoms with Gasteiger partial charge in [-0.3, -0.25) is 9.35 Å². The van der Waals surface area contributed by atoms with Crippen LogP contribution in [0.15, 0.2) is 30.3 Å². The number of carbonyl (C=O) groups is 1. The Morgan fingerprint density at radius 3 is 2.41 bits per heavy atom. The number of esters is 1. The van der Waals surface area contributed by atoms with Gasteiger partial charge in [0, 0.05) is 0 Å². The van der Waals surface area contributed by atoms with Gasteiger partial charge in [0.25, 0.3) is 10.1 Å². The molecule has 0 aliphatic heterocycles. The summed E-state index contributed by atoms with van der Waals surface area (Å²) in [6.45, 7) is 0. The second kappa shape index (κ2) is 5.79. The van der Waals surface area contributed by atoms with E-state index in [-0.39, 0.29) is 6.42 Å². The van der Waals surface area contributed by atoms with Gasteiger partial charge < -0.3 is 4.74 Å². The van der Waals surface area contributed by atoms with Gasteiger partial charge in [-0.1, -0.05) is 30.3 Å². The SMILES string of the molecule is COC(=O)C(Cc1ccccc1)CS(=O)(=O)O. The van der Waals surface area contributed by atoms with Crippen LogP contribution in [-0.4, -0.2) is 31.8 Å². The van der Waals surface area contributed by atoms with Crippen LogP contribution in [0.1, 0.15) is 5.56 Å². The third-order valence-electron chi connectivity index (χ3n) is 2.27. The van der Waals surface area contributed by atoms with Gasteiger partial charge in [0.05, 0.1) is 18.8 Å². The highest BCUT2D eigenvalue weighted by Gasteiger charge is 2.25. The Morgan fingerprint density at radius 1 is 1.35 bits per heavy atom. The Bertz CT molecular complexity index is 466. The number of methoxy groups -OCH3 is 1. The summed E-state index contributed by atoms with van der Waals surface area (Å²) in [5.41, 5.74) is 0.812. The van der Waals surface area contributed by atoms with Crippen LogP contribution < -0.4 is 0 Å². The number of hydrogen-bond donors (Lipinski definition) is 1. The van der Waals surface area contributed by atoms with Gasteiger partial charge in [0.1, 0.15) is 0 Å². The normalized spacial score (nSPS) is 13.1. The molecule has 1 unspecified atom stereocenters. The fourth-order valence-corrected chi connectivity index (χ4v) is 2.29. The topological polar surface area (TPSA) is 80.7 Å². The third-order valence-corrected chi connectivity index (χ3v) is 3.09. The molecule has 0 aliphatic rings. The summed E-state index contributed by atoms with van der Waals surface area (Å²) in [4.78, 5) is 11.4. The smallest absolute Gasteiger partial charge is 0.310 e. The lowest BCUT2D eigenvalue weighted by atomic mass is 10.0. The molecule has 1 N–H and O–H groups in total. The molecule has 0 aliphatic carbocycles. The molecule has 1 atom stereocenters. The molecule has 1 aromatic rings. The third kappa shape index (κ3) is 4.97. The van der Waals surface area contributed by atoms with Crippen molar-refractivity contribution in [3.05, 3.63) is 35.9 Å². The van der Waals surface area contributed by atoms with E-state index in [2.05, 4.69) is 4.74 Å². The number of carbonyl (C=O) groups excluding carboxylic acids is 1. The average Bonchev–Trinajstić information content (AvgIpc) is 2.27. The summed E-state index contributed by atoms with van der Waals surface area (Å²) in [7, 11) is -3.01. The first-order chi connectivity index (χ1) is 7.92. The highest BCUT2D eigenvalue weighted by molar-refractivity contribution is 7.85. The average molecular weight is 258 g/mol. The molecule has 0 saturated heterocycles. The van der Waals surface area contributed by atoms with Gasteiger partial charge in [0.15, 0.2) is 0 Å². The van der Waals surface area contributed by atoms with Crippen LogP contribution in [0, 0.1) is 5.92 Å². The first-order valence-electron chi connectivity index (χ1n) is 4.99. The first kappa shape index (κ1) is 13.7. The zero-order valence-corrected chi connectivity index (χ0v) is 10.2. The van der Waals surface area contributed by atoms with Crippen LogP contribution in [0.25, 0.3) is 0 Å². The minimum absolute atomic E-state index is 0.216. The molecule has 5 nitrogen and oxygen atoms in total. The molecule has 0 bridgehead atoms. The van der Waals surface area contributed by atoms with Crippen LogP contribution in [0.5, 0.6) is 0 Å². The Hall–Kier alpha value is -1.40. The maximum Gasteiger partial charge on any atom is 0.310 e. The number of ether oxygens (including phenoxy) is 1. The van der Waals surface area contributed by atoms with Crippen molar-refractivity contribution in [2.75, 3.05) is 12.9 Å². The van der Waals surface area contributed by atoms with Crippen molar-refractivity contribution in [3.63, 3.8) is 0 Å². The molecular formula is C11H14O5S. The molecule has 0 heterocycles. The van der Waals surface area contributed by atoms with Crippen LogP contribution in [0.2, 0.25) is 0 Å². The van der Waals surface area contributed by atoms with Gasteiger partial charge in [-0.15, -0.1) is 0 Å². The molecular weight excluding hydrogens is 244 g/mol. The molecule has 0 amide bonds. The minimum atomic E-state index is -4.20. The van der Waals surface area contributed by atoms with E-state index >= 15 is 0 Å². The maximum absolute atomic E-state index is 11.4. The van der Waals surface area contributed by atoms with Crippen LogP contribution in [0.3, 0.4) is 0 Å². The fourth-order valence-electron chi connectivity index (χ4n) is 1.53. The summed E-state index contributed by atoms with van der Waals surface area (Å²) in [5, 5.41) is 0. The van der Waals surface area contributed by atoms with Crippen molar-refractivity contribution in [3.8, 4) is 0 Å². The molecule has 6 heteroatoms. The van der Waals surface area contributed by atoms with E-state index in [1.807, 2.05) is 6.07 Å². The molecule has 0 fully saturated rings. The molecule has 0 radical (unpaired) electrons. The van der Waals surface area contributed by atoms with E-state index in [4.69, 9.17) is 4.55 Å². The van der Waals surface area contributed by atoms with Crippen molar-refractivity contribution in [2.24, 2.45) is 5.92 Å². The van der Waals surface area contributed by atoms with Crippen LogP contribution >= 0.6 is 0 Å². The summed E-state index contributed by atoms with van der Waals surface area (Å²) >= 11 is 0. The molecule has 0 aromatic heterocycles. The quantitative estimate of drug-likeness (QED) is 0.627. The summed E-state index contributed by atoms with van der Waals surface area (Å²) in [6.07, 6.45) is 0.216. The van der Waals surface area contributed by atoms with Crippen molar-refractivity contribution in [2.45, 2.75) is 6.42 Å². The lowest BCUT2D eigenvalue weighted by Gasteiger charge is -2.12. The molecule has 17 heavy (non-hydrogen) atoms. The predicted octanol–water partition coefficient (Wildman–Crippen LogP) is 0.906. The Balaban J connectivity index is 2.81. The molecule has 1 rings (SSSR count). The van der Waals surface area contributed by atoms with E-state index in [9.17, 15) is 13.2 Å². The van der Waals surface area contributed by atoms with Crippen LogP contribution in [-0.2, 0) is 26.1 Å². The van der Waals surface area contributed by atoms with Gasteiger partial charge in [-0.2, -0.15) is 8.42 Å². The second-order valence-corrected chi connectivity index (χ2v) is 5.16. The number of benzene rings is 1. The van der Waals surface area contributed by atoms with E-state index in [0.29, 0.717) is 0 Å². The van der Waals surface area contributed by atoms with Gasteiger partial charge in [-0.25, -0.2) is 0 Å². The Kier molecular flexibility index (Phi) is 4.65. The van der Waals surface area contributed by atoms with E-state index in [1.54, 1.807) is 24.3 Å². The minimum Gasteiger partial charge on any atom is -0.469 e. The number of hydrogen-bond acceptors (Lipinski definition) is 4. The first-order valence-corrected chi connectivity index (χ1v) is 6.60. The highest BCUT2D eigenvalue weighted by Crippen LogP contribution is 2.12. The lowest BCUT2D eigenvalue weighted by molar-refractivity contribution is -0.144. The molecule has 0 spiro atoms. The molecule has 0 saturated carbocycles. The van der Waals surface area contributed by atoms with Crippen molar-refractivity contribution in [1.29, 1.82) is 0 Å². The maximum atomic E-state index is 11.4. The van der Waals surface area contributed by atoms with E-state index in [1.165, 1.54) is 7.11 Å². The Labute approximate surface area is 100 Å². The summed E-state index contributed by atoms with van der Waals surface area (Å²) < 4.78 is 34.9. The zero-order valence-electron chi connectivity index (χ0n) is 9.37. The monoisotopic (exact) mass is 258 g/mol. The predicted molar refractivity (Wildman–Crippen MR) is 62.1 cm³/mol. The van der Waals surface area contributed by atoms with Crippen molar-refractivity contribution in [1.82, 2.24) is 0 Å². The second-order valence-electron chi connectivity index (χ2n) is 3.66. The van der Waals surface area contributed by atoms with Crippen molar-refractivity contribution < 1.29 is 22.5 Å². The zero-order chi connectivity index (χ0) is 12.9. The van der Waals surface area contributed by atoms with Gasteiger partial charge >= 0.3 is 5.97 Å². The molecule has 94 valence electrons. The van der Waals surface area contributed by atoms with Gasteiger partial charge in [0.2, 0.25) is 0 Å². The summed E-state index contributed by atoms with van der Waals surface area (Å²) in [6, 6.07) is 8.95. The Morgan fingerprint density at radius 2 is 1.94 bits per heavy atom. The van der Waals surface area contributed by atoms with E-state index in [0.717, 1.165) is 5.56 Å². The highest BCUT2D eigenvalue weighted by atomic mass is 32.2. The van der Waals surface area contributed by atoms with Crippen molar-refractivity contribution >= 4 is 16.1 Å². The van der Waals surface area contributed by atoms with E-state index < -0.39 is 27.8 Å². The fraction of sp³-hybridized carbons (Fsp3) is 0.364. The standard InChI is InChI=1S/C11H14O5S/c1-16-11(12)10(8-17(13,14)15)7-9-5-3-2-4-6-9/h2-6,10H,7-8H2,1H3,(H,13,14,15). The number of rotatable bonds is 5.